The summed E-state index contributed by atoms with van der Waals surface area (Å²) >= 11 is 6.23. The largest absolute Gasteiger partial charge is 0.417 e. The molecular weight excluding hydrogens is 1410 g/mol. The molecule has 11 amide bonds. The Hall–Kier alpha value is -6.65. The van der Waals surface area contributed by atoms with E-state index in [9.17, 15) is 47.0 Å². The van der Waals surface area contributed by atoms with Crippen molar-refractivity contribution in [2.45, 2.75) is 261 Å². The van der Waals surface area contributed by atoms with Gasteiger partial charge in [-0.2, -0.15) is 13.2 Å². The Labute approximate surface area is 637 Å². The van der Waals surface area contributed by atoms with Crippen molar-refractivity contribution < 1.29 is 75.8 Å². The maximum Gasteiger partial charge on any atom is 0.417 e. The molecule has 3 saturated carbocycles. The van der Waals surface area contributed by atoms with E-state index in [1.54, 1.807) is 25.9 Å². The zero-order valence-corrected chi connectivity index (χ0v) is 66.4. The Balaban J connectivity index is 1.33. The molecule has 9 atom stereocenters. The molecule has 0 radical (unpaired) electrons. The van der Waals surface area contributed by atoms with Gasteiger partial charge in [0.15, 0.2) is 0 Å². The van der Waals surface area contributed by atoms with Gasteiger partial charge in [-0.3, -0.25) is 57.6 Å². The highest BCUT2D eigenvalue weighted by Crippen LogP contribution is 2.39. The van der Waals surface area contributed by atoms with Crippen molar-refractivity contribution in [2.24, 2.45) is 29.6 Å². The van der Waals surface area contributed by atoms with Gasteiger partial charge in [0, 0.05) is 75.6 Å². The maximum atomic E-state index is 16.1. The lowest BCUT2D eigenvalue weighted by atomic mass is 9.81. The summed E-state index contributed by atoms with van der Waals surface area (Å²) in [6.45, 7) is 7.47. The Morgan fingerprint density at radius 2 is 1.21 bits per heavy atom. The van der Waals surface area contributed by atoms with Gasteiger partial charge < -0.3 is 65.0 Å². The van der Waals surface area contributed by atoms with Crippen LogP contribution >= 0.6 is 11.6 Å². The Bertz CT molecular complexity index is 3210. The Morgan fingerprint density at radius 3 is 1.81 bits per heavy atom. The van der Waals surface area contributed by atoms with Crippen LogP contribution in [0.4, 0.5) is 13.2 Å². The number of likely N-dealkylation sites (N-methyl/N-ethyl adjacent to an activating group) is 8. The molecule has 6 aliphatic rings. The van der Waals surface area contributed by atoms with Crippen LogP contribution in [0.1, 0.15) is 206 Å². The van der Waals surface area contributed by atoms with E-state index in [1.165, 1.54) is 72.9 Å². The van der Waals surface area contributed by atoms with E-state index in [2.05, 4.69) is 16.0 Å². The molecule has 0 bridgehead atoms. The molecule has 107 heavy (non-hydrogen) atoms. The van der Waals surface area contributed by atoms with Crippen LogP contribution in [-0.2, 0) is 70.1 Å². The van der Waals surface area contributed by atoms with Crippen LogP contribution in [0.25, 0.3) is 0 Å². The van der Waals surface area contributed by atoms with Gasteiger partial charge >= 0.3 is 6.18 Å². The summed E-state index contributed by atoms with van der Waals surface area (Å²) in [6.07, 6.45) is 7.18. The highest BCUT2D eigenvalue weighted by molar-refractivity contribution is 6.31. The minimum Gasteiger partial charge on any atom is -0.381 e. The van der Waals surface area contributed by atoms with Crippen molar-refractivity contribution in [1.29, 1.82) is 0 Å². The molecule has 29 heteroatoms. The molecule has 3 aliphatic heterocycles. The predicted molar refractivity (Wildman–Crippen MR) is 399 cm³/mol. The normalized spacial score (nSPS) is 27.3. The summed E-state index contributed by atoms with van der Waals surface area (Å²) in [7, 11) is 11.7. The number of hydrogen-bond donors (Lipinski definition) is 4. The van der Waals surface area contributed by atoms with E-state index in [4.69, 9.17) is 16.3 Å². The number of halogens is 4. The third kappa shape index (κ3) is 23.5. The van der Waals surface area contributed by atoms with Gasteiger partial charge in [-0.25, -0.2) is 0 Å². The Kier molecular flexibility index (Phi) is 33.0. The standard InChI is InChI=1S/C78H124ClF3N12O13/c1-13-51(4)67-74(104)88(7)48-65(97)86(5)49-66(98)90(9)61(45-53-25-17-14-18-26-53)72(102)87(6)47-63(95)83-58(33-30-54-29-32-56(57(79)44-54)78(80,81)82)71(101)91(10)59(34-31-52-35-41-107-42-36-52)70(100)85-77(37-21-22-38-77)76(106)93(12)68(55-27-19-15-20-28-55)75(105)92(11)62(73(103)94-39-23-16-24-40-94)46-64(96)89(8)60(43-50(2)3)69(99)84-67/h29,32,44,50-53,55,58-62,67-68,75,105H,13-28,30-31,33-43,45-49H2,1-12H3,(H,83,95)(H,84,99)(H,85,100)/t51-,58+,59-,60-,61-,62-,67?,68-,75?/m0/s1. The number of rotatable bonds is 14. The molecule has 2 unspecified atom stereocenters. The smallest absolute Gasteiger partial charge is 0.381 e. The fraction of sp³-hybridized carbons (Fsp3) is 0.782. The molecule has 1 spiro atoms. The number of likely N-dealkylation sites (tertiary alicyclic amines) is 1. The maximum absolute atomic E-state index is 16.1. The molecule has 25 nitrogen and oxygen atoms in total. The van der Waals surface area contributed by atoms with Crippen LogP contribution in [0.5, 0.6) is 0 Å². The third-order valence-electron chi connectivity index (χ3n) is 24.0. The number of carbonyl (C=O) groups is 11. The van der Waals surface area contributed by atoms with Crippen LogP contribution in [0.2, 0.25) is 5.02 Å². The molecular formula is C78H124ClF3N12O13. The lowest BCUT2D eigenvalue weighted by Crippen LogP contribution is -2.66. The van der Waals surface area contributed by atoms with Gasteiger partial charge in [0.1, 0.15) is 42.0 Å². The number of nitrogens with one attached hydrogen (secondary N) is 3. The van der Waals surface area contributed by atoms with Crippen molar-refractivity contribution >= 4 is 76.6 Å². The van der Waals surface area contributed by atoms with Crippen molar-refractivity contribution in [3.05, 3.63) is 34.3 Å². The van der Waals surface area contributed by atoms with Crippen molar-refractivity contribution in [2.75, 3.05) is 102 Å². The summed E-state index contributed by atoms with van der Waals surface area (Å²) in [4.78, 5) is 178. The van der Waals surface area contributed by atoms with E-state index < -0.39 is 168 Å². The van der Waals surface area contributed by atoms with Gasteiger partial charge in [-0.05, 0) is 151 Å². The highest BCUT2D eigenvalue weighted by atomic mass is 35.5. The number of hydrogen-bond acceptors (Lipinski definition) is 14. The second kappa shape index (κ2) is 40.3. The molecule has 3 aliphatic carbocycles. The molecule has 0 aromatic heterocycles. The van der Waals surface area contributed by atoms with E-state index in [1.807, 2.05) is 20.8 Å². The molecule has 6 fully saturated rings. The lowest BCUT2D eigenvalue weighted by Gasteiger charge is -2.47. The number of aliphatic hydroxyl groups excluding tert-OH is 1. The van der Waals surface area contributed by atoms with Crippen molar-refractivity contribution in [3.8, 4) is 0 Å². The fourth-order valence-corrected chi connectivity index (χ4v) is 17.2. The fourth-order valence-electron chi connectivity index (χ4n) is 16.9. The molecule has 3 heterocycles. The number of piperidine rings is 1. The number of aryl methyl sites for hydroxylation is 1. The first kappa shape index (κ1) is 87.6. The van der Waals surface area contributed by atoms with Crippen LogP contribution < -0.4 is 16.0 Å². The quantitative estimate of drug-likeness (QED) is 0.143. The monoisotopic (exact) mass is 1530 g/mol. The lowest BCUT2D eigenvalue weighted by molar-refractivity contribution is -0.159. The van der Waals surface area contributed by atoms with Gasteiger partial charge in [0.2, 0.25) is 65.0 Å². The number of benzene rings is 1. The van der Waals surface area contributed by atoms with Gasteiger partial charge in [0.05, 0.1) is 48.7 Å². The molecule has 7 rings (SSSR count). The summed E-state index contributed by atoms with van der Waals surface area (Å²) in [6, 6.07) is -5.39. The SMILES string of the molecule is CC[C@H](C)C1NC(=O)[C@H](CC(C)C)N(C)C(=O)C[C@@H](C(=O)N2CCCCC2)N(C)C(O)[C@H](C2CCCCC2)N(C)C(=O)C2(CCCC2)NC(=O)[C@H](CCC2CCOCC2)N(C)C(=O)[C@@H](CCc2ccc(C(F)(F)F)c(Cl)c2)NC(=O)CN(C)C(=O)[C@H](CC2CCCCC2)N(C)C(=O)CN(C)C(=O)CN(C)C1=O. The van der Waals surface area contributed by atoms with Gasteiger partial charge in [-0.15, -0.1) is 0 Å². The first-order chi connectivity index (χ1) is 50.6. The average Bonchev–Trinajstić information content (AvgIpc) is 1.47. The minimum atomic E-state index is -4.77. The van der Waals surface area contributed by atoms with Crippen molar-refractivity contribution in [3.63, 3.8) is 0 Å². The molecule has 3 saturated heterocycles. The molecule has 602 valence electrons. The zero-order chi connectivity index (χ0) is 78.8. The minimum absolute atomic E-state index is 0.0108. The average molecular weight is 1530 g/mol. The summed E-state index contributed by atoms with van der Waals surface area (Å²) in [5, 5.41) is 21.6. The summed E-state index contributed by atoms with van der Waals surface area (Å²) < 4.78 is 47.7. The second-order valence-electron chi connectivity index (χ2n) is 32.3. The number of carbonyl (C=O) groups excluding carboxylic acids is 11. The Morgan fingerprint density at radius 1 is 0.626 bits per heavy atom. The van der Waals surface area contributed by atoms with Crippen LogP contribution in [0.15, 0.2) is 18.2 Å². The number of aliphatic hydroxyl groups is 1. The van der Waals surface area contributed by atoms with Crippen LogP contribution in [-0.4, -0.2) is 271 Å². The van der Waals surface area contributed by atoms with E-state index in [0.29, 0.717) is 96.1 Å². The zero-order valence-electron chi connectivity index (χ0n) is 65.7. The highest BCUT2D eigenvalue weighted by Gasteiger charge is 2.51. The van der Waals surface area contributed by atoms with Crippen LogP contribution in [0.3, 0.4) is 0 Å². The van der Waals surface area contributed by atoms with Crippen molar-refractivity contribution in [1.82, 2.24) is 60.0 Å². The summed E-state index contributed by atoms with van der Waals surface area (Å²) in [5.41, 5.74) is -2.36. The second-order valence-corrected chi connectivity index (χ2v) is 32.7. The first-order valence-electron chi connectivity index (χ1n) is 39.4. The summed E-state index contributed by atoms with van der Waals surface area (Å²) in [5.74, 6) is -7.83. The molecule has 1 aromatic rings. The van der Waals surface area contributed by atoms with E-state index in [0.717, 1.165) is 84.6 Å². The number of nitrogens with zero attached hydrogens (tertiary/aromatic N) is 9. The van der Waals surface area contributed by atoms with Crippen LogP contribution in [0, 0.1) is 29.6 Å². The van der Waals surface area contributed by atoms with Gasteiger partial charge in [-0.1, -0.05) is 116 Å². The number of ether oxygens (including phenoxy) is 1. The number of amides is 11. The predicted octanol–water partition coefficient (Wildman–Crippen LogP) is 7.26. The first-order valence-corrected chi connectivity index (χ1v) is 39.8. The third-order valence-corrected chi connectivity index (χ3v) is 24.3. The van der Waals surface area contributed by atoms with Gasteiger partial charge in [0.25, 0.3) is 0 Å². The topological polar surface area (TPSA) is 282 Å². The van der Waals surface area contributed by atoms with E-state index >= 15 is 24.0 Å². The van der Waals surface area contributed by atoms with E-state index in [-0.39, 0.29) is 68.6 Å². The molecule has 4 N–H and O–H groups in total. The number of alkyl halides is 3. The molecule has 1 aromatic carbocycles.